The van der Waals surface area contributed by atoms with Crippen LogP contribution in [0.25, 0.3) is 0 Å². The molecule has 1 fully saturated rings. The molecular formula is C14H18F3NO2. The molecule has 1 saturated carbocycles. The van der Waals surface area contributed by atoms with Crippen molar-refractivity contribution in [2.75, 3.05) is 0 Å². The van der Waals surface area contributed by atoms with Gasteiger partial charge in [-0.25, -0.2) is 0 Å². The highest BCUT2D eigenvalue weighted by Crippen LogP contribution is 2.40. The number of benzene rings is 1. The largest absolute Gasteiger partial charge is 0.573 e. The number of hydrogen-bond donors (Lipinski definition) is 2. The van der Waals surface area contributed by atoms with Gasteiger partial charge in [-0.2, -0.15) is 0 Å². The number of hydrogen-bond acceptors (Lipinski definition) is 3. The molecule has 1 aliphatic carbocycles. The van der Waals surface area contributed by atoms with Crippen molar-refractivity contribution in [1.82, 2.24) is 5.32 Å². The lowest BCUT2D eigenvalue weighted by molar-refractivity contribution is -0.274. The van der Waals surface area contributed by atoms with Gasteiger partial charge in [0.25, 0.3) is 0 Å². The van der Waals surface area contributed by atoms with E-state index in [1.807, 2.05) is 13.8 Å². The Hall–Kier alpha value is -1.27. The molecule has 6 heteroatoms. The van der Waals surface area contributed by atoms with Gasteiger partial charge in [0.15, 0.2) is 0 Å². The maximum Gasteiger partial charge on any atom is 0.573 e. The third-order valence-corrected chi connectivity index (χ3v) is 3.90. The fourth-order valence-electron chi connectivity index (χ4n) is 2.34. The molecule has 1 aromatic rings. The predicted octanol–water partition coefficient (Wildman–Crippen LogP) is 2.83. The lowest BCUT2D eigenvalue weighted by Gasteiger charge is -2.49. The van der Waals surface area contributed by atoms with E-state index in [0.717, 1.165) is 0 Å². The summed E-state index contributed by atoms with van der Waals surface area (Å²) in [5.41, 5.74) is 0.504. The molecule has 0 bridgehead atoms. The van der Waals surface area contributed by atoms with Crippen LogP contribution >= 0.6 is 0 Å². The van der Waals surface area contributed by atoms with Gasteiger partial charge in [-0.15, -0.1) is 13.2 Å². The number of nitrogens with one attached hydrogen (secondary N) is 1. The van der Waals surface area contributed by atoms with Gasteiger partial charge in [-0.05, 0) is 24.1 Å². The molecule has 2 unspecified atom stereocenters. The van der Waals surface area contributed by atoms with Crippen LogP contribution in [0.4, 0.5) is 13.2 Å². The minimum atomic E-state index is -4.67. The van der Waals surface area contributed by atoms with Crippen LogP contribution in [0, 0.1) is 5.41 Å². The van der Waals surface area contributed by atoms with Crippen LogP contribution in [-0.4, -0.2) is 23.6 Å². The van der Waals surface area contributed by atoms with Crippen LogP contribution < -0.4 is 10.1 Å². The number of rotatable bonds is 4. The van der Waals surface area contributed by atoms with Crippen LogP contribution in [0.2, 0.25) is 0 Å². The first-order chi connectivity index (χ1) is 9.18. The summed E-state index contributed by atoms with van der Waals surface area (Å²) in [5.74, 6) is -0.218. The van der Waals surface area contributed by atoms with Gasteiger partial charge in [0.2, 0.25) is 0 Å². The smallest absolute Gasteiger partial charge is 0.406 e. The number of aliphatic hydroxyl groups is 1. The first-order valence-electron chi connectivity index (χ1n) is 6.44. The summed E-state index contributed by atoms with van der Waals surface area (Å²) in [7, 11) is 0. The molecular weight excluding hydrogens is 271 g/mol. The molecule has 3 nitrogen and oxygen atoms in total. The van der Waals surface area contributed by atoms with Gasteiger partial charge < -0.3 is 15.2 Å². The third kappa shape index (κ3) is 3.43. The van der Waals surface area contributed by atoms with Crippen LogP contribution in [-0.2, 0) is 6.54 Å². The van der Waals surface area contributed by atoms with E-state index in [0.29, 0.717) is 18.5 Å². The van der Waals surface area contributed by atoms with Gasteiger partial charge in [0.05, 0.1) is 6.10 Å². The molecule has 20 heavy (non-hydrogen) atoms. The number of ether oxygens (including phenoxy) is 1. The predicted molar refractivity (Wildman–Crippen MR) is 68.2 cm³/mol. The minimum Gasteiger partial charge on any atom is -0.406 e. The summed E-state index contributed by atoms with van der Waals surface area (Å²) in [6.07, 6.45) is -4.35. The Morgan fingerprint density at radius 3 is 2.65 bits per heavy atom. The van der Waals surface area contributed by atoms with Crippen molar-refractivity contribution in [2.45, 2.75) is 45.3 Å². The van der Waals surface area contributed by atoms with E-state index in [4.69, 9.17) is 0 Å². The van der Waals surface area contributed by atoms with E-state index in [2.05, 4.69) is 10.1 Å². The van der Waals surface area contributed by atoms with Gasteiger partial charge in [0, 0.05) is 18.0 Å². The van der Waals surface area contributed by atoms with Crippen molar-refractivity contribution in [3.05, 3.63) is 29.8 Å². The lowest BCUT2D eigenvalue weighted by Crippen LogP contribution is -2.59. The minimum absolute atomic E-state index is 0.157. The quantitative estimate of drug-likeness (QED) is 0.895. The van der Waals surface area contributed by atoms with E-state index in [1.165, 1.54) is 18.2 Å². The topological polar surface area (TPSA) is 41.5 Å². The van der Waals surface area contributed by atoms with Crippen molar-refractivity contribution >= 4 is 0 Å². The molecule has 1 aliphatic rings. The van der Waals surface area contributed by atoms with E-state index in [9.17, 15) is 18.3 Å². The molecule has 1 aromatic carbocycles. The Morgan fingerprint density at radius 1 is 1.40 bits per heavy atom. The van der Waals surface area contributed by atoms with Crippen LogP contribution in [0.1, 0.15) is 25.8 Å². The Balaban J connectivity index is 1.92. The summed E-state index contributed by atoms with van der Waals surface area (Å²) < 4.78 is 40.3. The average molecular weight is 289 g/mol. The summed E-state index contributed by atoms with van der Waals surface area (Å²) in [4.78, 5) is 0. The number of aliphatic hydroxyl groups excluding tert-OH is 1. The van der Waals surface area contributed by atoms with Crippen molar-refractivity contribution in [2.24, 2.45) is 5.41 Å². The Labute approximate surface area is 115 Å². The van der Waals surface area contributed by atoms with E-state index in [-0.39, 0.29) is 23.3 Å². The molecule has 2 atom stereocenters. The Morgan fingerprint density at radius 2 is 2.10 bits per heavy atom. The second-order valence-corrected chi connectivity index (χ2v) is 5.70. The summed E-state index contributed by atoms with van der Waals surface area (Å²) in [6, 6.07) is 6.05. The van der Waals surface area contributed by atoms with Crippen LogP contribution in [0.3, 0.4) is 0 Å². The molecule has 0 heterocycles. The molecule has 0 radical (unpaired) electrons. The highest BCUT2D eigenvalue weighted by molar-refractivity contribution is 5.28. The zero-order chi connectivity index (χ0) is 15.0. The normalized spacial score (nSPS) is 25.1. The second kappa shape index (κ2) is 5.26. The first-order valence-corrected chi connectivity index (χ1v) is 6.44. The van der Waals surface area contributed by atoms with Gasteiger partial charge in [-0.1, -0.05) is 26.0 Å². The molecule has 2 N–H and O–H groups in total. The van der Waals surface area contributed by atoms with Crippen molar-refractivity contribution in [1.29, 1.82) is 0 Å². The molecule has 0 aromatic heterocycles. The van der Waals surface area contributed by atoms with E-state index in [1.54, 1.807) is 6.07 Å². The van der Waals surface area contributed by atoms with Gasteiger partial charge in [0.1, 0.15) is 5.75 Å². The van der Waals surface area contributed by atoms with Gasteiger partial charge in [-0.3, -0.25) is 0 Å². The molecule has 0 amide bonds. The zero-order valence-electron chi connectivity index (χ0n) is 11.4. The van der Waals surface area contributed by atoms with Crippen molar-refractivity contribution < 1.29 is 23.0 Å². The highest BCUT2D eigenvalue weighted by atomic mass is 19.4. The zero-order valence-corrected chi connectivity index (χ0v) is 11.4. The molecule has 0 saturated heterocycles. The number of alkyl halides is 3. The lowest BCUT2D eigenvalue weighted by atomic mass is 9.64. The van der Waals surface area contributed by atoms with Crippen molar-refractivity contribution in [3.8, 4) is 5.75 Å². The summed E-state index contributed by atoms with van der Waals surface area (Å²) >= 11 is 0. The highest BCUT2D eigenvalue weighted by Gasteiger charge is 2.46. The van der Waals surface area contributed by atoms with E-state index < -0.39 is 6.36 Å². The molecule has 112 valence electrons. The fraction of sp³-hybridized carbons (Fsp3) is 0.571. The number of halogens is 3. The Bertz CT molecular complexity index is 474. The summed E-state index contributed by atoms with van der Waals surface area (Å²) in [6.45, 7) is 4.36. The fourth-order valence-corrected chi connectivity index (χ4v) is 2.34. The monoisotopic (exact) mass is 289 g/mol. The van der Waals surface area contributed by atoms with E-state index >= 15 is 0 Å². The maximum absolute atomic E-state index is 12.1. The van der Waals surface area contributed by atoms with Gasteiger partial charge >= 0.3 is 6.36 Å². The van der Waals surface area contributed by atoms with Crippen molar-refractivity contribution in [3.63, 3.8) is 0 Å². The maximum atomic E-state index is 12.1. The van der Waals surface area contributed by atoms with Crippen LogP contribution in [0.5, 0.6) is 5.75 Å². The average Bonchev–Trinajstić information content (AvgIpc) is 2.32. The van der Waals surface area contributed by atoms with Crippen LogP contribution in [0.15, 0.2) is 24.3 Å². The molecule has 2 rings (SSSR count). The summed E-state index contributed by atoms with van der Waals surface area (Å²) in [5, 5.41) is 12.9. The standard InChI is InChI=1S/C14H18F3NO2/c1-13(2)11(7-12(13)19)18-8-9-4-3-5-10(6-9)20-14(15,16)17/h3-6,11-12,18-19H,7-8H2,1-2H3. The molecule has 0 spiro atoms. The first kappa shape index (κ1) is 15.1. The molecule has 0 aliphatic heterocycles. The second-order valence-electron chi connectivity index (χ2n) is 5.70. The third-order valence-electron chi connectivity index (χ3n) is 3.90. The Kier molecular flexibility index (Phi) is 3.97. The SMILES string of the molecule is CC1(C)C(O)CC1NCc1cccc(OC(F)(F)F)c1.